The first-order chi connectivity index (χ1) is 12.2. The van der Waals surface area contributed by atoms with Crippen molar-refractivity contribution in [1.82, 2.24) is 5.32 Å². The summed E-state index contributed by atoms with van der Waals surface area (Å²) in [6.07, 6.45) is 3.38. The number of benzene rings is 2. The molecule has 0 bridgehead atoms. The van der Waals surface area contributed by atoms with E-state index in [1.807, 2.05) is 61.5 Å². The lowest BCUT2D eigenvalue weighted by molar-refractivity contribution is -0.117. The molecule has 25 heavy (non-hydrogen) atoms. The molecule has 0 saturated heterocycles. The van der Waals surface area contributed by atoms with E-state index in [0.29, 0.717) is 6.54 Å². The molecule has 0 aromatic heterocycles. The molecule has 126 valence electrons. The van der Waals surface area contributed by atoms with Crippen LogP contribution in [0.5, 0.6) is 5.75 Å². The third-order valence-electron chi connectivity index (χ3n) is 4.14. The molecule has 1 amide bonds. The van der Waals surface area contributed by atoms with E-state index in [0.717, 1.165) is 35.3 Å². The summed E-state index contributed by atoms with van der Waals surface area (Å²) in [4.78, 5) is 12.2. The minimum absolute atomic E-state index is 0.111. The van der Waals surface area contributed by atoms with Gasteiger partial charge in [-0.1, -0.05) is 36.4 Å². The molecule has 3 rings (SSSR count). The highest BCUT2D eigenvalue weighted by Crippen LogP contribution is 2.29. The fourth-order valence-electron chi connectivity index (χ4n) is 2.91. The molecular formula is C21H20N2O2. The van der Waals surface area contributed by atoms with Crippen molar-refractivity contribution in [2.75, 3.05) is 6.54 Å². The van der Waals surface area contributed by atoms with Gasteiger partial charge in [0.1, 0.15) is 23.5 Å². The van der Waals surface area contributed by atoms with Gasteiger partial charge in [0.15, 0.2) is 0 Å². The van der Waals surface area contributed by atoms with E-state index in [1.165, 1.54) is 0 Å². The van der Waals surface area contributed by atoms with Crippen LogP contribution in [0.15, 0.2) is 54.1 Å². The Labute approximate surface area is 147 Å². The number of fused-ring (bicyclic) bond motifs is 1. The van der Waals surface area contributed by atoms with Crippen molar-refractivity contribution >= 4 is 12.0 Å². The van der Waals surface area contributed by atoms with Crippen LogP contribution in [0.1, 0.15) is 23.6 Å². The maximum Gasteiger partial charge on any atom is 0.261 e. The fourth-order valence-corrected chi connectivity index (χ4v) is 2.91. The largest absolute Gasteiger partial charge is 0.490 e. The van der Waals surface area contributed by atoms with Crippen LogP contribution in [0.25, 0.3) is 6.08 Å². The number of nitrogens with zero attached hydrogens (tertiary/aromatic N) is 1. The molecule has 0 saturated carbocycles. The van der Waals surface area contributed by atoms with Crippen molar-refractivity contribution in [3.8, 4) is 11.8 Å². The molecule has 1 N–H and O–H groups in total. The van der Waals surface area contributed by atoms with E-state index in [1.54, 1.807) is 6.08 Å². The average molecular weight is 332 g/mol. The molecule has 2 aromatic rings. The van der Waals surface area contributed by atoms with Gasteiger partial charge in [0.05, 0.1) is 0 Å². The summed E-state index contributed by atoms with van der Waals surface area (Å²) in [6, 6.07) is 17.7. The van der Waals surface area contributed by atoms with Crippen molar-refractivity contribution in [2.45, 2.75) is 25.9 Å². The third kappa shape index (κ3) is 4.27. The topological polar surface area (TPSA) is 62.1 Å². The zero-order valence-corrected chi connectivity index (χ0v) is 14.2. The van der Waals surface area contributed by atoms with E-state index < -0.39 is 0 Å². The van der Waals surface area contributed by atoms with Gasteiger partial charge in [0.25, 0.3) is 5.91 Å². The summed E-state index contributed by atoms with van der Waals surface area (Å²) in [6.45, 7) is 2.52. The lowest BCUT2D eigenvalue weighted by atomic mass is 10.0. The Morgan fingerprint density at radius 3 is 2.88 bits per heavy atom. The van der Waals surface area contributed by atoms with Gasteiger partial charge in [-0.2, -0.15) is 5.26 Å². The highest BCUT2D eigenvalue weighted by molar-refractivity contribution is 6.01. The number of amides is 1. The molecular weight excluding hydrogens is 312 g/mol. The van der Waals surface area contributed by atoms with Gasteiger partial charge in [-0.15, -0.1) is 0 Å². The number of nitriles is 1. The summed E-state index contributed by atoms with van der Waals surface area (Å²) >= 11 is 0. The molecule has 1 unspecified atom stereocenters. The van der Waals surface area contributed by atoms with Gasteiger partial charge in [-0.05, 0) is 48.2 Å². The number of carbonyl (C=O) groups excluding carboxylic acids is 1. The Hall–Kier alpha value is -3.06. The molecule has 2 aromatic carbocycles. The van der Waals surface area contributed by atoms with Crippen molar-refractivity contribution in [3.05, 3.63) is 70.8 Å². The summed E-state index contributed by atoms with van der Waals surface area (Å²) in [5, 5.41) is 12.1. The second kappa shape index (κ2) is 7.67. The molecule has 1 aliphatic rings. The van der Waals surface area contributed by atoms with Crippen molar-refractivity contribution < 1.29 is 9.53 Å². The Morgan fingerprint density at radius 1 is 1.32 bits per heavy atom. The van der Waals surface area contributed by atoms with Gasteiger partial charge >= 0.3 is 0 Å². The normalized spacial score (nSPS) is 15.8. The van der Waals surface area contributed by atoms with Crippen LogP contribution >= 0.6 is 0 Å². The minimum atomic E-state index is -0.344. The smallest absolute Gasteiger partial charge is 0.261 e. The number of nitrogens with one attached hydrogen (secondary N) is 1. The Bertz CT molecular complexity index is 835. The van der Waals surface area contributed by atoms with Gasteiger partial charge in [0, 0.05) is 13.0 Å². The van der Waals surface area contributed by atoms with Crippen LogP contribution in [0.3, 0.4) is 0 Å². The van der Waals surface area contributed by atoms with E-state index in [-0.39, 0.29) is 17.6 Å². The van der Waals surface area contributed by atoms with E-state index in [2.05, 4.69) is 5.32 Å². The minimum Gasteiger partial charge on any atom is -0.490 e. The molecule has 0 aliphatic carbocycles. The van der Waals surface area contributed by atoms with E-state index in [4.69, 9.17) is 4.74 Å². The first-order valence-electron chi connectivity index (χ1n) is 8.39. The predicted octanol–water partition coefficient (Wildman–Crippen LogP) is 3.28. The number of hydrogen-bond acceptors (Lipinski definition) is 3. The number of ether oxygens (including phenoxy) is 1. The Morgan fingerprint density at radius 2 is 2.12 bits per heavy atom. The highest BCUT2D eigenvalue weighted by Gasteiger charge is 2.19. The maximum absolute atomic E-state index is 12.2. The second-order valence-electron chi connectivity index (χ2n) is 6.16. The van der Waals surface area contributed by atoms with Gasteiger partial charge in [-0.25, -0.2) is 0 Å². The summed E-state index contributed by atoms with van der Waals surface area (Å²) < 4.78 is 5.67. The fraction of sp³-hybridized carbons (Fsp3) is 0.238. The highest BCUT2D eigenvalue weighted by atomic mass is 16.5. The zero-order valence-electron chi connectivity index (χ0n) is 14.2. The summed E-state index contributed by atoms with van der Waals surface area (Å²) in [5.41, 5.74) is 3.22. The lowest BCUT2D eigenvalue weighted by Crippen LogP contribution is -2.26. The van der Waals surface area contributed by atoms with Crippen molar-refractivity contribution in [1.29, 1.82) is 5.26 Å². The van der Waals surface area contributed by atoms with Crippen LogP contribution in [0, 0.1) is 11.3 Å². The monoisotopic (exact) mass is 332 g/mol. The number of carbonyl (C=O) groups is 1. The molecule has 1 heterocycles. The summed E-state index contributed by atoms with van der Waals surface area (Å²) in [5.74, 6) is 0.541. The van der Waals surface area contributed by atoms with Crippen LogP contribution in [0.2, 0.25) is 0 Å². The van der Waals surface area contributed by atoms with Crippen LogP contribution in [0.4, 0.5) is 0 Å². The maximum atomic E-state index is 12.2. The number of hydrogen-bond donors (Lipinski definition) is 1. The summed E-state index contributed by atoms with van der Waals surface area (Å²) in [7, 11) is 0. The van der Waals surface area contributed by atoms with Crippen LogP contribution < -0.4 is 10.1 Å². The third-order valence-corrected chi connectivity index (χ3v) is 4.14. The van der Waals surface area contributed by atoms with Gasteiger partial charge < -0.3 is 10.1 Å². The lowest BCUT2D eigenvalue weighted by Gasteiger charge is -2.05. The number of rotatable bonds is 5. The SMILES string of the molecule is CC1Cc2cc(/C=C(\C#N)C(=O)NCCc3ccccc3)ccc2O1. The average Bonchev–Trinajstić information content (AvgIpc) is 2.99. The Balaban J connectivity index is 1.63. The van der Waals surface area contributed by atoms with Crippen molar-refractivity contribution in [2.24, 2.45) is 0 Å². The second-order valence-corrected chi connectivity index (χ2v) is 6.16. The van der Waals surface area contributed by atoms with E-state index >= 15 is 0 Å². The molecule has 4 heteroatoms. The quantitative estimate of drug-likeness (QED) is 0.675. The molecule has 1 aliphatic heterocycles. The predicted molar refractivity (Wildman–Crippen MR) is 97.0 cm³/mol. The molecule has 4 nitrogen and oxygen atoms in total. The zero-order chi connectivity index (χ0) is 17.6. The molecule has 0 radical (unpaired) electrons. The first kappa shape index (κ1) is 16.8. The van der Waals surface area contributed by atoms with Crippen LogP contribution in [-0.2, 0) is 17.6 Å². The van der Waals surface area contributed by atoms with Crippen molar-refractivity contribution in [3.63, 3.8) is 0 Å². The molecule has 1 atom stereocenters. The van der Waals surface area contributed by atoms with Gasteiger partial charge in [0.2, 0.25) is 0 Å². The Kier molecular flexibility index (Phi) is 5.15. The first-order valence-corrected chi connectivity index (χ1v) is 8.39. The van der Waals surface area contributed by atoms with Crippen LogP contribution in [-0.4, -0.2) is 18.6 Å². The standard InChI is InChI=1S/C21H20N2O2/c1-15-11-18-12-17(7-8-20(18)25-15)13-19(14-22)21(24)23-10-9-16-5-3-2-4-6-16/h2-8,12-13,15H,9-11H2,1H3,(H,23,24)/b19-13+. The van der Waals surface area contributed by atoms with Gasteiger partial charge in [-0.3, -0.25) is 4.79 Å². The van der Waals surface area contributed by atoms with E-state index in [9.17, 15) is 10.1 Å². The molecule has 0 fully saturated rings. The molecule has 0 spiro atoms.